The van der Waals surface area contributed by atoms with E-state index in [0.29, 0.717) is 10.9 Å². The third-order valence-electron chi connectivity index (χ3n) is 2.19. The second kappa shape index (κ2) is 6.16. The molecule has 0 fully saturated rings. The molecule has 0 aliphatic rings. The molecule has 16 heavy (non-hydrogen) atoms. The van der Waals surface area contributed by atoms with Crippen molar-refractivity contribution in [3.8, 4) is 0 Å². The van der Waals surface area contributed by atoms with Gasteiger partial charge in [0, 0.05) is 5.56 Å². The normalized spacial score (nSPS) is 10.6. The molecule has 0 saturated heterocycles. The Labute approximate surface area is 105 Å². The second-order valence-corrected chi connectivity index (χ2v) is 6.45. The standard InChI is InChI=1S/C12H16ClNOS/c1-9-5-4-6-10(8-16(2)3)12(9)14-11(15)7-13/h4-6H,7-8H2,1-3H3/p+1. The minimum Gasteiger partial charge on any atom is -0.324 e. The lowest BCUT2D eigenvalue weighted by atomic mass is 10.1. The summed E-state index contributed by atoms with van der Waals surface area (Å²) in [6.07, 6.45) is 4.38. The monoisotopic (exact) mass is 258 g/mol. The summed E-state index contributed by atoms with van der Waals surface area (Å²) < 4.78 is 0. The zero-order valence-corrected chi connectivity index (χ0v) is 11.4. The number of rotatable bonds is 4. The van der Waals surface area contributed by atoms with Crippen molar-refractivity contribution in [1.82, 2.24) is 0 Å². The summed E-state index contributed by atoms with van der Waals surface area (Å²) in [6, 6.07) is 6.08. The topological polar surface area (TPSA) is 29.1 Å². The quantitative estimate of drug-likeness (QED) is 0.653. The average Bonchev–Trinajstić information content (AvgIpc) is 2.22. The first-order chi connectivity index (χ1) is 7.54. The molecule has 0 aromatic heterocycles. The van der Waals surface area contributed by atoms with Crippen LogP contribution in [0.1, 0.15) is 11.1 Å². The van der Waals surface area contributed by atoms with Gasteiger partial charge in [-0.1, -0.05) is 18.2 Å². The number of carbonyl (C=O) groups is 1. The van der Waals surface area contributed by atoms with Gasteiger partial charge in [-0.05, 0) is 23.4 Å². The van der Waals surface area contributed by atoms with Crippen molar-refractivity contribution in [2.75, 3.05) is 23.7 Å². The summed E-state index contributed by atoms with van der Waals surface area (Å²) in [7, 11) is 0.314. The Morgan fingerprint density at radius 2 is 2.12 bits per heavy atom. The van der Waals surface area contributed by atoms with E-state index in [1.165, 1.54) is 5.56 Å². The molecule has 0 spiro atoms. The van der Waals surface area contributed by atoms with Crippen LogP contribution < -0.4 is 5.32 Å². The maximum atomic E-state index is 11.3. The molecular weight excluding hydrogens is 242 g/mol. The lowest BCUT2D eigenvalue weighted by Crippen LogP contribution is -2.16. The van der Waals surface area contributed by atoms with Crippen LogP contribution in [-0.2, 0) is 21.4 Å². The number of nitrogens with one attached hydrogen (secondary N) is 1. The van der Waals surface area contributed by atoms with Crippen molar-refractivity contribution in [3.63, 3.8) is 0 Å². The molecule has 1 amide bonds. The number of hydrogen-bond acceptors (Lipinski definition) is 1. The van der Waals surface area contributed by atoms with Crippen molar-refractivity contribution in [2.24, 2.45) is 0 Å². The summed E-state index contributed by atoms with van der Waals surface area (Å²) in [5.41, 5.74) is 3.20. The highest BCUT2D eigenvalue weighted by molar-refractivity contribution is 7.94. The molecule has 1 aromatic carbocycles. The number of amides is 1. The fourth-order valence-corrected chi connectivity index (χ4v) is 2.44. The van der Waals surface area contributed by atoms with Gasteiger partial charge in [-0.3, -0.25) is 4.79 Å². The van der Waals surface area contributed by atoms with E-state index in [2.05, 4.69) is 23.9 Å². The van der Waals surface area contributed by atoms with Crippen LogP contribution >= 0.6 is 11.6 Å². The molecular formula is C12H17ClNOS+. The first-order valence-electron chi connectivity index (χ1n) is 5.03. The van der Waals surface area contributed by atoms with Gasteiger partial charge >= 0.3 is 0 Å². The highest BCUT2D eigenvalue weighted by Crippen LogP contribution is 2.22. The van der Waals surface area contributed by atoms with Gasteiger partial charge in [-0.2, -0.15) is 0 Å². The summed E-state index contributed by atoms with van der Waals surface area (Å²) >= 11 is 5.50. The van der Waals surface area contributed by atoms with Gasteiger partial charge in [0.2, 0.25) is 5.91 Å². The number of benzene rings is 1. The molecule has 0 heterocycles. The first-order valence-corrected chi connectivity index (χ1v) is 7.77. The molecule has 0 unspecified atom stereocenters. The van der Waals surface area contributed by atoms with Crippen LogP contribution in [0.5, 0.6) is 0 Å². The van der Waals surface area contributed by atoms with Gasteiger partial charge in [0.1, 0.15) is 11.6 Å². The maximum Gasteiger partial charge on any atom is 0.239 e. The fraction of sp³-hybridized carbons (Fsp3) is 0.417. The fourth-order valence-electron chi connectivity index (χ4n) is 1.51. The van der Waals surface area contributed by atoms with Gasteiger partial charge < -0.3 is 5.32 Å². The summed E-state index contributed by atoms with van der Waals surface area (Å²) in [5.74, 6) is 0.835. The van der Waals surface area contributed by atoms with E-state index in [4.69, 9.17) is 11.6 Å². The van der Waals surface area contributed by atoms with Crippen LogP contribution in [0.25, 0.3) is 0 Å². The Morgan fingerprint density at radius 3 is 2.69 bits per heavy atom. The number of halogens is 1. The zero-order valence-electron chi connectivity index (χ0n) is 9.84. The van der Waals surface area contributed by atoms with E-state index in [1.54, 1.807) is 0 Å². The Kier molecular flexibility index (Phi) is 5.16. The van der Waals surface area contributed by atoms with E-state index < -0.39 is 0 Å². The number of para-hydroxylation sites is 1. The summed E-state index contributed by atoms with van der Waals surface area (Å²) in [5, 5.41) is 2.87. The number of anilines is 1. The zero-order chi connectivity index (χ0) is 12.1. The minimum atomic E-state index is -0.149. The molecule has 2 nitrogen and oxygen atoms in total. The van der Waals surface area contributed by atoms with E-state index in [9.17, 15) is 4.79 Å². The van der Waals surface area contributed by atoms with Crippen molar-refractivity contribution < 1.29 is 4.79 Å². The van der Waals surface area contributed by atoms with E-state index in [-0.39, 0.29) is 11.8 Å². The molecule has 88 valence electrons. The summed E-state index contributed by atoms with van der Waals surface area (Å²) in [6.45, 7) is 2.00. The maximum absolute atomic E-state index is 11.3. The molecule has 0 aliphatic heterocycles. The van der Waals surface area contributed by atoms with Crippen molar-refractivity contribution in [2.45, 2.75) is 12.7 Å². The predicted molar refractivity (Wildman–Crippen MR) is 73.4 cm³/mol. The largest absolute Gasteiger partial charge is 0.324 e. The van der Waals surface area contributed by atoms with Crippen molar-refractivity contribution in [1.29, 1.82) is 0 Å². The van der Waals surface area contributed by atoms with Gasteiger partial charge in [0.05, 0.1) is 18.2 Å². The first kappa shape index (κ1) is 13.4. The number of hydrogen-bond donors (Lipinski definition) is 1. The molecule has 0 aliphatic carbocycles. The third kappa shape index (κ3) is 3.72. The predicted octanol–water partition coefficient (Wildman–Crippen LogP) is 2.55. The molecule has 4 heteroatoms. The number of alkyl halides is 1. The Bertz CT molecular complexity index is 379. The van der Waals surface area contributed by atoms with E-state index in [1.807, 2.05) is 19.1 Å². The molecule has 1 rings (SSSR count). The number of aryl methyl sites for hydroxylation is 1. The Balaban J connectivity index is 2.98. The van der Waals surface area contributed by atoms with Crippen LogP contribution in [0.2, 0.25) is 0 Å². The lowest BCUT2D eigenvalue weighted by Gasteiger charge is -2.11. The highest BCUT2D eigenvalue weighted by Gasteiger charge is 2.13. The Hall–Kier alpha value is -0.670. The van der Waals surface area contributed by atoms with Gasteiger partial charge in [0.25, 0.3) is 0 Å². The van der Waals surface area contributed by atoms with Gasteiger partial charge in [0.15, 0.2) is 0 Å². The highest BCUT2D eigenvalue weighted by atomic mass is 35.5. The van der Waals surface area contributed by atoms with E-state index >= 15 is 0 Å². The van der Waals surface area contributed by atoms with E-state index in [0.717, 1.165) is 17.0 Å². The second-order valence-electron chi connectivity index (χ2n) is 3.92. The van der Waals surface area contributed by atoms with Crippen LogP contribution in [0, 0.1) is 6.92 Å². The van der Waals surface area contributed by atoms with Crippen LogP contribution in [-0.4, -0.2) is 24.3 Å². The molecule has 0 bridgehead atoms. The number of carbonyl (C=O) groups excluding carboxylic acids is 1. The summed E-state index contributed by atoms with van der Waals surface area (Å²) in [4.78, 5) is 11.3. The van der Waals surface area contributed by atoms with Crippen LogP contribution in [0.15, 0.2) is 18.2 Å². The van der Waals surface area contributed by atoms with Gasteiger partial charge in [-0.25, -0.2) is 0 Å². The Morgan fingerprint density at radius 1 is 1.44 bits per heavy atom. The lowest BCUT2D eigenvalue weighted by molar-refractivity contribution is -0.113. The third-order valence-corrected chi connectivity index (χ3v) is 3.32. The SMILES string of the molecule is Cc1cccc(C[S+](C)C)c1NC(=O)CCl. The minimum absolute atomic E-state index is 0.00224. The van der Waals surface area contributed by atoms with Crippen molar-refractivity contribution in [3.05, 3.63) is 29.3 Å². The van der Waals surface area contributed by atoms with Crippen LogP contribution in [0.4, 0.5) is 5.69 Å². The van der Waals surface area contributed by atoms with Crippen LogP contribution in [0.3, 0.4) is 0 Å². The molecule has 1 aromatic rings. The molecule has 0 saturated carbocycles. The molecule has 0 atom stereocenters. The van der Waals surface area contributed by atoms with Crippen molar-refractivity contribution >= 4 is 34.1 Å². The average molecular weight is 259 g/mol. The molecule has 1 N–H and O–H groups in total. The smallest absolute Gasteiger partial charge is 0.239 e. The molecule has 0 radical (unpaired) electrons. The van der Waals surface area contributed by atoms with Gasteiger partial charge in [-0.15, -0.1) is 11.6 Å².